The smallest absolute Gasteiger partial charge is 0.205 e. The molecule has 0 aliphatic heterocycles. The van der Waals surface area contributed by atoms with E-state index < -0.39 is 0 Å². The molecule has 5 heteroatoms. The molecular weight excluding hydrogens is 190 g/mol. The number of rotatable bonds is 6. The van der Waals surface area contributed by atoms with Crippen LogP contribution >= 0.6 is 0 Å². The van der Waals surface area contributed by atoms with Gasteiger partial charge in [-0.15, -0.1) is 0 Å². The second kappa shape index (κ2) is 6.63. The summed E-state index contributed by atoms with van der Waals surface area (Å²) >= 11 is 0. The van der Waals surface area contributed by atoms with Crippen LogP contribution in [0.15, 0.2) is 4.99 Å². The lowest BCUT2D eigenvalue weighted by Gasteiger charge is -2.16. The molecule has 0 radical (unpaired) electrons. The second-order valence-electron chi connectivity index (χ2n) is 3.82. The number of nitrogens with two attached hydrogens (primary N) is 1. The van der Waals surface area contributed by atoms with Crippen LogP contribution in [0.3, 0.4) is 0 Å². The number of nitrogens with zero attached hydrogens (tertiary/aromatic N) is 2. The lowest BCUT2D eigenvalue weighted by atomic mass is 10.5. The van der Waals surface area contributed by atoms with E-state index in [1.165, 1.54) is 12.8 Å². The standard InChI is InChI=1S/C10H23N5/c1-3-15(4-2)8-7-12-10(14-11)13-9-5-6-9/h9H,3-8,11H2,1-2H3,(H2,12,13,14). The van der Waals surface area contributed by atoms with Crippen molar-refractivity contribution in [2.24, 2.45) is 10.8 Å². The number of nitrogens with one attached hydrogen (secondary N) is 2. The first-order chi connectivity index (χ1) is 7.30. The Morgan fingerprint density at radius 3 is 2.53 bits per heavy atom. The molecule has 0 amide bonds. The van der Waals surface area contributed by atoms with E-state index in [0.717, 1.165) is 32.1 Å². The lowest BCUT2D eigenvalue weighted by Crippen LogP contribution is -2.43. The number of hydrogen-bond acceptors (Lipinski definition) is 3. The summed E-state index contributed by atoms with van der Waals surface area (Å²) in [6, 6.07) is 0.591. The Morgan fingerprint density at radius 2 is 2.07 bits per heavy atom. The average Bonchev–Trinajstić information content (AvgIpc) is 3.06. The van der Waals surface area contributed by atoms with E-state index >= 15 is 0 Å². The van der Waals surface area contributed by atoms with Gasteiger partial charge in [-0.3, -0.25) is 10.4 Å². The van der Waals surface area contributed by atoms with Gasteiger partial charge in [0.15, 0.2) is 0 Å². The Kier molecular flexibility index (Phi) is 5.42. The molecule has 0 unspecified atom stereocenters. The molecule has 0 bridgehead atoms. The van der Waals surface area contributed by atoms with Crippen molar-refractivity contribution in [2.75, 3.05) is 26.2 Å². The lowest BCUT2D eigenvalue weighted by molar-refractivity contribution is 0.313. The van der Waals surface area contributed by atoms with Crippen molar-refractivity contribution >= 4 is 5.96 Å². The highest BCUT2D eigenvalue weighted by molar-refractivity contribution is 5.79. The van der Waals surface area contributed by atoms with Gasteiger partial charge in [0, 0.05) is 12.6 Å². The van der Waals surface area contributed by atoms with Gasteiger partial charge >= 0.3 is 0 Å². The summed E-state index contributed by atoms with van der Waals surface area (Å²) in [7, 11) is 0. The number of hydrogen-bond donors (Lipinski definition) is 3. The Hall–Kier alpha value is -0.810. The number of likely N-dealkylation sites (N-methyl/N-ethyl adjacent to an activating group) is 1. The fourth-order valence-electron chi connectivity index (χ4n) is 1.40. The number of hydrazine groups is 1. The molecule has 5 nitrogen and oxygen atoms in total. The van der Waals surface area contributed by atoms with Crippen molar-refractivity contribution in [3.8, 4) is 0 Å². The van der Waals surface area contributed by atoms with Gasteiger partial charge in [0.2, 0.25) is 5.96 Å². The predicted molar refractivity (Wildman–Crippen MR) is 63.6 cm³/mol. The van der Waals surface area contributed by atoms with Crippen LogP contribution in [0.4, 0.5) is 0 Å². The summed E-state index contributed by atoms with van der Waals surface area (Å²) in [5.41, 5.74) is 2.60. The quantitative estimate of drug-likeness (QED) is 0.249. The summed E-state index contributed by atoms with van der Waals surface area (Å²) in [5.74, 6) is 6.10. The van der Waals surface area contributed by atoms with E-state index in [1.54, 1.807) is 0 Å². The third-order valence-corrected chi connectivity index (χ3v) is 2.64. The van der Waals surface area contributed by atoms with Crippen molar-refractivity contribution in [3.05, 3.63) is 0 Å². The van der Waals surface area contributed by atoms with Crippen molar-refractivity contribution < 1.29 is 0 Å². The van der Waals surface area contributed by atoms with Crippen molar-refractivity contribution in [3.63, 3.8) is 0 Å². The maximum Gasteiger partial charge on any atom is 0.205 e. The minimum atomic E-state index is 0.591. The Bertz CT molecular complexity index is 196. The minimum absolute atomic E-state index is 0.591. The normalized spacial score (nSPS) is 16.9. The van der Waals surface area contributed by atoms with Gasteiger partial charge in [0.05, 0.1) is 6.54 Å². The zero-order valence-corrected chi connectivity index (χ0v) is 9.79. The molecule has 0 heterocycles. The van der Waals surface area contributed by atoms with Gasteiger partial charge in [-0.2, -0.15) is 0 Å². The molecule has 88 valence electrons. The molecule has 1 saturated carbocycles. The van der Waals surface area contributed by atoms with Gasteiger partial charge in [-0.05, 0) is 25.9 Å². The summed E-state index contributed by atoms with van der Waals surface area (Å²) < 4.78 is 0. The molecule has 4 N–H and O–H groups in total. The van der Waals surface area contributed by atoms with Crippen LogP contribution in [0.5, 0.6) is 0 Å². The fraction of sp³-hybridized carbons (Fsp3) is 0.900. The zero-order chi connectivity index (χ0) is 11.1. The van der Waals surface area contributed by atoms with Gasteiger partial charge in [-0.25, -0.2) is 5.84 Å². The molecule has 1 fully saturated rings. The average molecular weight is 213 g/mol. The summed E-state index contributed by atoms with van der Waals surface area (Å²) in [6.45, 7) is 8.27. The topological polar surface area (TPSA) is 65.7 Å². The largest absolute Gasteiger partial charge is 0.353 e. The molecule has 1 aliphatic carbocycles. The van der Waals surface area contributed by atoms with Crippen LogP contribution in [0.2, 0.25) is 0 Å². The van der Waals surface area contributed by atoms with Crippen molar-refractivity contribution in [2.45, 2.75) is 32.7 Å². The Balaban J connectivity index is 2.20. The molecule has 0 aromatic carbocycles. The van der Waals surface area contributed by atoms with Gasteiger partial charge in [-0.1, -0.05) is 13.8 Å². The minimum Gasteiger partial charge on any atom is -0.353 e. The Morgan fingerprint density at radius 1 is 1.40 bits per heavy atom. The monoisotopic (exact) mass is 213 g/mol. The molecule has 0 aromatic heterocycles. The van der Waals surface area contributed by atoms with E-state index in [-0.39, 0.29) is 0 Å². The summed E-state index contributed by atoms with van der Waals surface area (Å²) in [4.78, 5) is 6.73. The van der Waals surface area contributed by atoms with Crippen LogP contribution in [-0.2, 0) is 0 Å². The number of guanidine groups is 1. The van der Waals surface area contributed by atoms with E-state index in [4.69, 9.17) is 5.84 Å². The first kappa shape index (κ1) is 12.3. The van der Waals surface area contributed by atoms with E-state index in [1.807, 2.05) is 0 Å². The summed E-state index contributed by atoms with van der Waals surface area (Å²) in [6.07, 6.45) is 2.47. The van der Waals surface area contributed by atoms with E-state index in [9.17, 15) is 0 Å². The summed E-state index contributed by atoms with van der Waals surface area (Å²) in [5, 5.41) is 3.25. The van der Waals surface area contributed by atoms with Crippen LogP contribution in [0.25, 0.3) is 0 Å². The molecule has 0 spiro atoms. The highest BCUT2D eigenvalue weighted by atomic mass is 15.3. The van der Waals surface area contributed by atoms with Gasteiger partial charge in [0.1, 0.15) is 0 Å². The highest BCUT2D eigenvalue weighted by Crippen LogP contribution is 2.18. The van der Waals surface area contributed by atoms with Crippen LogP contribution < -0.4 is 16.6 Å². The second-order valence-corrected chi connectivity index (χ2v) is 3.82. The van der Waals surface area contributed by atoms with E-state index in [0.29, 0.717) is 6.04 Å². The molecule has 0 aromatic rings. The third kappa shape index (κ3) is 4.99. The predicted octanol–water partition coefficient (Wildman–Crippen LogP) is -0.100. The van der Waals surface area contributed by atoms with Crippen LogP contribution in [0, 0.1) is 0 Å². The maximum atomic E-state index is 5.37. The molecular formula is C10H23N5. The third-order valence-electron chi connectivity index (χ3n) is 2.64. The fourth-order valence-corrected chi connectivity index (χ4v) is 1.40. The van der Waals surface area contributed by atoms with Crippen molar-refractivity contribution in [1.29, 1.82) is 0 Å². The van der Waals surface area contributed by atoms with Gasteiger partial charge in [0.25, 0.3) is 0 Å². The maximum absolute atomic E-state index is 5.37. The highest BCUT2D eigenvalue weighted by Gasteiger charge is 2.21. The zero-order valence-electron chi connectivity index (χ0n) is 9.79. The molecule has 0 saturated heterocycles. The first-order valence-corrected chi connectivity index (χ1v) is 5.80. The van der Waals surface area contributed by atoms with Crippen molar-refractivity contribution in [1.82, 2.24) is 15.6 Å². The molecule has 1 aliphatic rings. The molecule has 0 atom stereocenters. The number of aliphatic imine (C=N–C) groups is 1. The van der Waals surface area contributed by atoms with Crippen LogP contribution in [0.1, 0.15) is 26.7 Å². The SMILES string of the molecule is CCN(CC)CCN=C(NN)NC1CC1. The van der Waals surface area contributed by atoms with Gasteiger partial charge < -0.3 is 10.2 Å². The molecule has 1 rings (SSSR count). The van der Waals surface area contributed by atoms with E-state index in [2.05, 4.69) is 34.5 Å². The Labute approximate surface area is 92.1 Å². The first-order valence-electron chi connectivity index (χ1n) is 5.80. The van der Waals surface area contributed by atoms with Crippen LogP contribution in [-0.4, -0.2) is 43.1 Å². The molecule has 15 heavy (non-hydrogen) atoms.